The van der Waals surface area contributed by atoms with Crippen LogP contribution in [-0.4, -0.2) is 40.1 Å². The van der Waals surface area contributed by atoms with Gasteiger partial charge in [0, 0.05) is 37.6 Å². The number of rotatable bonds is 6. The summed E-state index contributed by atoms with van der Waals surface area (Å²) in [4.78, 5) is 19.8. The number of nitrogens with one attached hydrogen (secondary N) is 1. The van der Waals surface area contributed by atoms with E-state index in [1.807, 2.05) is 41.0 Å². The molecule has 2 aliphatic rings. The maximum Gasteiger partial charge on any atom is 0.224 e. The number of hydrogen-bond acceptors (Lipinski definition) is 4. The Morgan fingerprint density at radius 1 is 1.21 bits per heavy atom. The monoisotopic (exact) mass is 463 g/mol. The van der Waals surface area contributed by atoms with E-state index in [4.69, 9.17) is 16.7 Å². The van der Waals surface area contributed by atoms with Crippen LogP contribution in [0.5, 0.6) is 0 Å². The zero-order valence-electron chi connectivity index (χ0n) is 18.8. The number of nitrogens with zero attached hydrogens (tertiary/aromatic N) is 4. The number of hydrogen-bond donors (Lipinski definition) is 1. The van der Waals surface area contributed by atoms with Crippen LogP contribution in [-0.2, 0) is 4.79 Å². The summed E-state index contributed by atoms with van der Waals surface area (Å²) in [5.74, 6) is 1.01. The summed E-state index contributed by atoms with van der Waals surface area (Å²) in [5.41, 5.74) is 4.14. The van der Waals surface area contributed by atoms with Crippen LogP contribution in [0.15, 0.2) is 54.4 Å². The number of benzene rings is 1. The first-order chi connectivity index (χ1) is 16.2. The fourth-order valence-electron chi connectivity index (χ4n) is 4.96. The lowest BCUT2D eigenvalue weighted by Gasteiger charge is -2.33. The molecule has 1 saturated heterocycles. The van der Waals surface area contributed by atoms with Crippen LogP contribution in [0, 0.1) is 5.92 Å². The number of allylic oxidation sites excluding steroid dienone is 1. The second-order valence-corrected chi connectivity index (χ2v) is 9.43. The van der Waals surface area contributed by atoms with Gasteiger partial charge in [-0.3, -0.25) is 4.79 Å². The van der Waals surface area contributed by atoms with Crippen molar-refractivity contribution in [2.24, 2.45) is 5.92 Å². The third-order valence-electron chi connectivity index (χ3n) is 6.74. The molecule has 3 heterocycles. The Labute approximate surface area is 199 Å². The molecule has 172 valence electrons. The zero-order chi connectivity index (χ0) is 22.6. The highest BCUT2D eigenvalue weighted by Gasteiger charge is 2.28. The molecule has 0 radical (unpaired) electrons. The first kappa shape index (κ1) is 22.0. The topological polar surface area (TPSA) is 62.5 Å². The molecule has 1 aromatic carbocycles. The van der Waals surface area contributed by atoms with E-state index in [-0.39, 0.29) is 11.8 Å². The number of anilines is 1. The van der Waals surface area contributed by atoms with Crippen LogP contribution in [0.4, 0.5) is 5.82 Å². The third kappa shape index (κ3) is 4.91. The number of carbonyl (C=O) groups excluding carboxylic acids is 1. The van der Waals surface area contributed by atoms with Crippen molar-refractivity contribution in [2.75, 3.05) is 24.5 Å². The SMILES string of the molecule is O=C(NCCC1=CCCCC1)[C@H]1CCCN(c2nccn3nc(-c4ccccc4Cl)cc23)C1. The van der Waals surface area contributed by atoms with Gasteiger partial charge in [-0.2, -0.15) is 5.10 Å². The van der Waals surface area contributed by atoms with Crippen molar-refractivity contribution >= 4 is 28.8 Å². The van der Waals surface area contributed by atoms with Crippen molar-refractivity contribution in [3.05, 3.63) is 59.4 Å². The molecule has 5 rings (SSSR count). The van der Waals surface area contributed by atoms with Gasteiger partial charge in [0.15, 0.2) is 5.82 Å². The molecule has 0 bridgehead atoms. The molecule has 7 heteroatoms. The van der Waals surface area contributed by atoms with Crippen LogP contribution in [0.25, 0.3) is 16.8 Å². The van der Waals surface area contributed by atoms with Gasteiger partial charge in [0.05, 0.1) is 16.6 Å². The Morgan fingerprint density at radius 2 is 2.12 bits per heavy atom. The minimum atomic E-state index is -0.0212. The summed E-state index contributed by atoms with van der Waals surface area (Å²) >= 11 is 6.40. The summed E-state index contributed by atoms with van der Waals surface area (Å²) in [7, 11) is 0. The summed E-state index contributed by atoms with van der Waals surface area (Å²) < 4.78 is 1.85. The maximum atomic E-state index is 12.9. The lowest BCUT2D eigenvalue weighted by atomic mass is 9.96. The van der Waals surface area contributed by atoms with E-state index < -0.39 is 0 Å². The predicted molar refractivity (Wildman–Crippen MR) is 133 cm³/mol. The van der Waals surface area contributed by atoms with E-state index >= 15 is 0 Å². The van der Waals surface area contributed by atoms with Crippen LogP contribution < -0.4 is 10.2 Å². The minimum Gasteiger partial charge on any atom is -0.355 e. The summed E-state index contributed by atoms with van der Waals surface area (Å²) in [6.07, 6.45) is 13.8. The molecule has 1 aliphatic heterocycles. The maximum absolute atomic E-state index is 12.9. The van der Waals surface area contributed by atoms with Gasteiger partial charge in [-0.1, -0.05) is 41.4 Å². The van der Waals surface area contributed by atoms with E-state index in [1.165, 1.54) is 31.3 Å². The van der Waals surface area contributed by atoms with Crippen LogP contribution in [0.3, 0.4) is 0 Å². The number of carbonyl (C=O) groups is 1. The predicted octanol–water partition coefficient (Wildman–Crippen LogP) is 5.27. The highest BCUT2D eigenvalue weighted by Crippen LogP contribution is 2.31. The van der Waals surface area contributed by atoms with Gasteiger partial charge in [-0.25, -0.2) is 9.50 Å². The summed E-state index contributed by atoms with van der Waals surface area (Å²) in [6.45, 7) is 2.29. The number of amides is 1. The molecule has 1 atom stereocenters. The van der Waals surface area contributed by atoms with E-state index in [0.717, 1.165) is 54.9 Å². The number of fused-ring (bicyclic) bond motifs is 1. The summed E-state index contributed by atoms with van der Waals surface area (Å²) in [5, 5.41) is 8.58. The van der Waals surface area contributed by atoms with Crippen LogP contribution >= 0.6 is 11.6 Å². The van der Waals surface area contributed by atoms with Crippen LogP contribution in [0.1, 0.15) is 44.9 Å². The molecule has 1 aliphatic carbocycles. The van der Waals surface area contributed by atoms with Crippen molar-refractivity contribution in [2.45, 2.75) is 44.9 Å². The number of halogens is 1. The Balaban J connectivity index is 1.29. The van der Waals surface area contributed by atoms with Crippen molar-refractivity contribution in [1.29, 1.82) is 0 Å². The quantitative estimate of drug-likeness (QED) is 0.505. The van der Waals surface area contributed by atoms with Gasteiger partial charge in [-0.05, 0) is 57.1 Å². The molecule has 0 unspecified atom stereocenters. The largest absolute Gasteiger partial charge is 0.355 e. The Kier molecular flexibility index (Phi) is 6.63. The zero-order valence-corrected chi connectivity index (χ0v) is 19.6. The van der Waals surface area contributed by atoms with Crippen molar-refractivity contribution < 1.29 is 4.79 Å². The van der Waals surface area contributed by atoms with Crippen molar-refractivity contribution in [1.82, 2.24) is 19.9 Å². The van der Waals surface area contributed by atoms with Crippen LogP contribution in [0.2, 0.25) is 5.02 Å². The lowest BCUT2D eigenvalue weighted by molar-refractivity contribution is -0.125. The standard InChI is InChI=1S/C26H30ClN5O/c27-22-11-5-4-10-21(22)23-17-24-25(28-14-16-32(24)30-23)31-15-6-9-20(18-31)26(33)29-13-12-19-7-2-1-3-8-19/h4-5,7,10-11,14,16-17,20H,1-3,6,8-9,12-13,15,18H2,(H,29,33)/t20-/m0/s1. The molecule has 0 saturated carbocycles. The van der Waals surface area contributed by atoms with E-state index in [2.05, 4.69) is 21.3 Å². The van der Waals surface area contributed by atoms with E-state index in [9.17, 15) is 4.79 Å². The Morgan fingerprint density at radius 3 is 2.97 bits per heavy atom. The molecule has 1 N–H and O–H groups in total. The van der Waals surface area contributed by atoms with Gasteiger partial charge >= 0.3 is 0 Å². The average molecular weight is 464 g/mol. The average Bonchev–Trinajstić information content (AvgIpc) is 3.29. The first-order valence-electron chi connectivity index (χ1n) is 12.0. The molecule has 1 amide bonds. The highest BCUT2D eigenvalue weighted by molar-refractivity contribution is 6.33. The van der Waals surface area contributed by atoms with Crippen molar-refractivity contribution in [3.8, 4) is 11.3 Å². The Hall–Kier alpha value is -2.86. The molecule has 6 nitrogen and oxygen atoms in total. The van der Waals surface area contributed by atoms with Gasteiger partial charge in [0.1, 0.15) is 5.52 Å². The summed E-state index contributed by atoms with van der Waals surface area (Å²) in [6, 6.07) is 9.76. The number of aromatic nitrogens is 3. The van der Waals surface area contributed by atoms with E-state index in [1.54, 1.807) is 6.20 Å². The number of piperidine rings is 1. The fourth-order valence-corrected chi connectivity index (χ4v) is 5.19. The Bertz CT molecular complexity index is 1170. The highest BCUT2D eigenvalue weighted by atomic mass is 35.5. The third-order valence-corrected chi connectivity index (χ3v) is 7.07. The minimum absolute atomic E-state index is 0.0212. The smallest absolute Gasteiger partial charge is 0.224 e. The molecule has 0 spiro atoms. The molecular weight excluding hydrogens is 434 g/mol. The van der Waals surface area contributed by atoms with Crippen molar-refractivity contribution in [3.63, 3.8) is 0 Å². The van der Waals surface area contributed by atoms with Gasteiger partial charge in [0.2, 0.25) is 5.91 Å². The van der Waals surface area contributed by atoms with Gasteiger partial charge in [-0.15, -0.1) is 0 Å². The molecule has 3 aromatic rings. The second-order valence-electron chi connectivity index (χ2n) is 9.02. The fraction of sp³-hybridized carbons (Fsp3) is 0.423. The first-order valence-corrected chi connectivity index (χ1v) is 12.4. The second kappa shape index (κ2) is 9.96. The molecule has 2 aromatic heterocycles. The van der Waals surface area contributed by atoms with E-state index in [0.29, 0.717) is 11.6 Å². The molecule has 1 fully saturated rings. The van der Waals surface area contributed by atoms with Gasteiger partial charge < -0.3 is 10.2 Å². The normalized spacial score (nSPS) is 18.9. The molecule has 33 heavy (non-hydrogen) atoms. The molecular formula is C26H30ClN5O. The van der Waals surface area contributed by atoms with Gasteiger partial charge in [0.25, 0.3) is 0 Å². The lowest BCUT2D eigenvalue weighted by Crippen LogP contribution is -2.43.